The number of fused-ring (bicyclic) bond motifs is 1. The van der Waals surface area contributed by atoms with Gasteiger partial charge in [0.05, 0.1) is 0 Å². The number of ether oxygens (including phenoxy) is 1. The van der Waals surface area contributed by atoms with Crippen molar-refractivity contribution in [2.75, 3.05) is 18.5 Å². The molecule has 2 aromatic carbocycles. The van der Waals surface area contributed by atoms with Crippen LogP contribution < -0.4 is 10.1 Å². The number of nitrogens with one attached hydrogen (secondary N) is 1. The van der Waals surface area contributed by atoms with E-state index >= 15 is 0 Å². The lowest BCUT2D eigenvalue weighted by molar-refractivity contribution is 0.333. The molecule has 0 saturated heterocycles. The largest absolute Gasteiger partial charge is 0.492 e. The molecule has 0 aromatic heterocycles. The number of benzene rings is 2. The maximum Gasteiger partial charge on any atom is 0.119 e. The molecular weight excluding hydrogens is 326 g/mol. The Balaban J connectivity index is 1.53. The third kappa shape index (κ3) is 3.79. The fraction of sp³-hybridized carbons (Fsp3) is 0.333. The van der Waals surface area contributed by atoms with E-state index in [1.54, 1.807) is 0 Å². The predicted octanol–water partition coefficient (Wildman–Crippen LogP) is 4.82. The zero-order valence-corrected chi connectivity index (χ0v) is 13.7. The zero-order chi connectivity index (χ0) is 14.5. The number of hydrogen-bond acceptors (Lipinski definition) is 2. The Bertz CT molecular complexity index is 595. The third-order valence-electron chi connectivity index (χ3n) is 3.90. The first-order chi connectivity index (χ1) is 10.3. The molecule has 0 bridgehead atoms. The van der Waals surface area contributed by atoms with Crippen molar-refractivity contribution in [1.82, 2.24) is 0 Å². The van der Waals surface area contributed by atoms with Gasteiger partial charge in [-0.3, -0.25) is 0 Å². The van der Waals surface area contributed by atoms with Crippen LogP contribution in [0.2, 0.25) is 0 Å². The van der Waals surface area contributed by atoms with Gasteiger partial charge in [-0.25, -0.2) is 0 Å². The summed E-state index contributed by atoms with van der Waals surface area (Å²) < 4.78 is 6.82. The van der Waals surface area contributed by atoms with Crippen molar-refractivity contribution in [3.05, 3.63) is 58.1 Å². The summed E-state index contributed by atoms with van der Waals surface area (Å²) in [5.41, 5.74) is 4.30. The van der Waals surface area contributed by atoms with E-state index in [1.807, 2.05) is 24.3 Å². The predicted molar refractivity (Wildman–Crippen MR) is 91.2 cm³/mol. The van der Waals surface area contributed by atoms with E-state index in [0.717, 1.165) is 16.8 Å². The average Bonchev–Trinajstić information content (AvgIpc) is 2.53. The summed E-state index contributed by atoms with van der Waals surface area (Å²) in [4.78, 5) is 0. The van der Waals surface area contributed by atoms with Gasteiger partial charge >= 0.3 is 0 Å². The monoisotopic (exact) mass is 345 g/mol. The number of anilines is 1. The van der Waals surface area contributed by atoms with E-state index in [9.17, 15) is 0 Å². The molecule has 2 aromatic rings. The van der Waals surface area contributed by atoms with Crippen LogP contribution in [0.1, 0.15) is 24.0 Å². The molecule has 21 heavy (non-hydrogen) atoms. The van der Waals surface area contributed by atoms with Gasteiger partial charge in [-0.15, -0.1) is 0 Å². The van der Waals surface area contributed by atoms with Crippen molar-refractivity contribution in [3.8, 4) is 5.75 Å². The van der Waals surface area contributed by atoms with Crippen molar-refractivity contribution in [2.45, 2.75) is 25.7 Å². The van der Waals surface area contributed by atoms with Crippen molar-refractivity contribution < 1.29 is 4.74 Å². The highest BCUT2D eigenvalue weighted by atomic mass is 79.9. The zero-order valence-electron chi connectivity index (χ0n) is 12.1. The SMILES string of the molecule is Brc1ccc(OCCNc2cccc3c2CCCC3)cc1. The Hall–Kier alpha value is -1.48. The summed E-state index contributed by atoms with van der Waals surface area (Å²) in [5.74, 6) is 0.912. The maximum absolute atomic E-state index is 5.74. The van der Waals surface area contributed by atoms with Gasteiger partial charge in [-0.1, -0.05) is 28.1 Å². The van der Waals surface area contributed by atoms with Crippen LogP contribution in [0.5, 0.6) is 5.75 Å². The van der Waals surface area contributed by atoms with Gasteiger partial charge in [0.2, 0.25) is 0 Å². The van der Waals surface area contributed by atoms with Gasteiger partial charge in [-0.05, 0) is 67.1 Å². The molecule has 3 rings (SSSR count). The minimum atomic E-state index is 0.672. The summed E-state index contributed by atoms with van der Waals surface area (Å²) in [5, 5.41) is 3.52. The van der Waals surface area contributed by atoms with E-state index in [0.29, 0.717) is 6.61 Å². The molecule has 0 amide bonds. The highest BCUT2D eigenvalue weighted by Crippen LogP contribution is 2.27. The number of hydrogen-bond donors (Lipinski definition) is 1. The fourth-order valence-electron chi connectivity index (χ4n) is 2.83. The van der Waals surface area contributed by atoms with Crippen LogP contribution in [0.3, 0.4) is 0 Å². The number of aryl methyl sites for hydroxylation is 1. The summed E-state index contributed by atoms with van der Waals surface area (Å²) in [6.45, 7) is 1.50. The van der Waals surface area contributed by atoms with Gasteiger partial charge in [0.1, 0.15) is 12.4 Å². The molecule has 0 atom stereocenters. The van der Waals surface area contributed by atoms with Crippen LogP contribution in [-0.4, -0.2) is 13.2 Å². The van der Waals surface area contributed by atoms with E-state index in [4.69, 9.17) is 4.74 Å². The lowest BCUT2D eigenvalue weighted by Crippen LogP contribution is -2.14. The van der Waals surface area contributed by atoms with Crippen molar-refractivity contribution in [2.24, 2.45) is 0 Å². The Labute approximate surface area is 134 Å². The first kappa shape index (κ1) is 14.5. The number of rotatable bonds is 5. The maximum atomic E-state index is 5.74. The average molecular weight is 346 g/mol. The normalized spacial score (nSPS) is 13.6. The third-order valence-corrected chi connectivity index (χ3v) is 4.42. The minimum Gasteiger partial charge on any atom is -0.492 e. The second-order valence-electron chi connectivity index (χ2n) is 5.38. The quantitative estimate of drug-likeness (QED) is 0.784. The Morgan fingerprint density at radius 2 is 1.81 bits per heavy atom. The smallest absolute Gasteiger partial charge is 0.119 e. The molecule has 0 aliphatic heterocycles. The number of halogens is 1. The van der Waals surface area contributed by atoms with Gasteiger partial charge in [0, 0.05) is 16.7 Å². The molecule has 0 heterocycles. The molecule has 3 heteroatoms. The molecule has 0 spiro atoms. The van der Waals surface area contributed by atoms with Gasteiger partial charge < -0.3 is 10.1 Å². The highest BCUT2D eigenvalue weighted by molar-refractivity contribution is 9.10. The van der Waals surface area contributed by atoms with Crippen molar-refractivity contribution in [1.29, 1.82) is 0 Å². The lowest BCUT2D eigenvalue weighted by Gasteiger charge is -2.20. The summed E-state index contributed by atoms with van der Waals surface area (Å²) in [7, 11) is 0. The topological polar surface area (TPSA) is 21.3 Å². The Morgan fingerprint density at radius 1 is 1.00 bits per heavy atom. The molecule has 1 aliphatic carbocycles. The molecule has 2 nitrogen and oxygen atoms in total. The van der Waals surface area contributed by atoms with E-state index in [-0.39, 0.29) is 0 Å². The Morgan fingerprint density at radius 3 is 2.67 bits per heavy atom. The molecule has 0 unspecified atom stereocenters. The molecular formula is C18H20BrNO. The molecule has 0 fully saturated rings. The molecule has 0 saturated carbocycles. The molecule has 0 radical (unpaired) electrons. The van der Waals surface area contributed by atoms with Crippen LogP contribution in [-0.2, 0) is 12.8 Å². The van der Waals surface area contributed by atoms with Crippen LogP contribution in [0, 0.1) is 0 Å². The Kier molecular flexibility index (Phi) is 4.81. The molecule has 1 N–H and O–H groups in total. The van der Waals surface area contributed by atoms with E-state index in [1.165, 1.54) is 42.5 Å². The van der Waals surface area contributed by atoms with E-state index in [2.05, 4.69) is 39.4 Å². The highest BCUT2D eigenvalue weighted by Gasteiger charge is 2.12. The first-order valence-electron chi connectivity index (χ1n) is 7.56. The minimum absolute atomic E-state index is 0.672. The van der Waals surface area contributed by atoms with Crippen LogP contribution in [0.15, 0.2) is 46.9 Å². The van der Waals surface area contributed by atoms with Crippen LogP contribution in [0.25, 0.3) is 0 Å². The van der Waals surface area contributed by atoms with Crippen molar-refractivity contribution in [3.63, 3.8) is 0 Å². The summed E-state index contributed by atoms with van der Waals surface area (Å²) >= 11 is 3.42. The van der Waals surface area contributed by atoms with Crippen LogP contribution >= 0.6 is 15.9 Å². The first-order valence-corrected chi connectivity index (χ1v) is 8.35. The summed E-state index contributed by atoms with van der Waals surface area (Å²) in [6.07, 6.45) is 5.05. The summed E-state index contributed by atoms with van der Waals surface area (Å²) in [6, 6.07) is 14.6. The lowest BCUT2D eigenvalue weighted by atomic mass is 9.90. The second kappa shape index (κ2) is 6.99. The van der Waals surface area contributed by atoms with Gasteiger partial charge in [-0.2, -0.15) is 0 Å². The van der Waals surface area contributed by atoms with Gasteiger partial charge in [0.25, 0.3) is 0 Å². The van der Waals surface area contributed by atoms with E-state index < -0.39 is 0 Å². The second-order valence-corrected chi connectivity index (χ2v) is 6.30. The molecule has 1 aliphatic rings. The fourth-order valence-corrected chi connectivity index (χ4v) is 3.10. The van der Waals surface area contributed by atoms with Crippen molar-refractivity contribution >= 4 is 21.6 Å². The van der Waals surface area contributed by atoms with Crippen LogP contribution in [0.4, 0.5) is 5.69 Å². The molecule has 110 valence electrons. The standard InChI is InChI=1S/C18H20BrNO/c19-15-8-10-16(11-9-15)21-13-12-20-18-7-3-5-14-4-1-2-6-17(14)18/h3,5,7-11,20H,1-2,4,6,12-13H2. The van der Waals surface area contributed by atoms with Gasteiger partial charge in [0.15, 0.2) is 0 Å².